The Labute approximate surface area is 91.1 Å². The first kappa shape index (κ1) is 13.9. The molecule has 0 rings (SSSR count). The molecule has 0 aliphatic heterocycles. The van der Waals surface area contributed by atoms with E-state index in [0.717, 1.165) is 12.8 Å². The fourth-order valence-corrected chi connectivity index (χ4v) is 1.25. The molecule has 2 N–H and O–H groups in total. The number of carbonyl (C=O) groups is 2. The standard InChI is InChI=1S/C11H21NO3/c1-6-7-10(2,3)12-8(13)11(4,5)9(14)15/h6-7H2,1-5H3,(H,12,13)(H,14,15). The summed E-state index contributed by atoms with van der Waals surface area (Å²) < 4.78 is 0. The van der Waals surface area contributed by atoms with Crippen molar-refractivity contribution < 1.29 is 14.7 Å². The molecule has 0 aromatic carbocycles. The van der Waals surface area contributed by atoms with E-state index in [-0.39, 0.29) is 5.54 Å². The molecule has 0 unspecified atom stereocenters. The quantitative estimate of drug-likeness (QED) is 0.687. The van der Waals surface area contributed by atoms with Gasteiger partial charge < -0.3 is 10.4 Å². The molecule has 88 valence electrons. The molecular weight excluding hydrogens is 194 g/mol. The molecule has 0 aliphatic carbocycles. The lowest BCUT2D eigenvalue weighted by molar-refractivity contribution is -0.154. The van der Waals surface area contributed by atoms with Gasteiger partial charge in [0, 0.05) is 5.54 Å². The molecule has 4 heteroatoms. The first-order valence-corrected chi connectivity index (χ1v) is 5.19. The van der Waals surface area contributed by atoms with E-state index in [2.05, 4.69) is 5.32 Å². The van der Waals surface area contributed by atoms with Crippen LogP contribution in [0.5, 0.6) is 0 Å². The maximum atomic E-state index is 11.7. The molecule has 1 amide bonds. The van der Waals surface area contributed by atoms with Gasteiger partial charge in [-0.05, 0) is 34.1 Å². The van der Waals surface area contributed by atoms with Crippen LogP contribution in [0.3, 0.4) is 0 Å². The third-order valence-electron chi connectivity index (χ3n) is 2.43. The molecule has 0 fully saturated rings. The second-order valence-corrected chi connectivity index (χ2v) is 5.02. The zero-order chi connectivity index (χ0) is 12.3. The van der Waals surface area contributed by atoms with Crippen LogP contribution in [-0.4, -0.2) is 22.5 Å². The van der Waals surface area contributed by atoms with Gasteiger partial charge in [-0.3, -0.25) is 9.59 Å². The van der Waals surface area contributed by atoms with E-state index in [1.165, 1.54) is 13.8 Å². The third kappa shape index (κ3) is 3.90. The first-order valence-electron chi connectivity index (χ1n) is 5.19. The zero-order valence-electron chi connectivity index (χ0n) is 10.2. The van der Waals surface area contributed by atoms with Gasteiger partial charge in [0.1, 0.15) is 5.41 Å². The molecule has 0 heterocycles. The molecule has 0 saturated carbocycles. The molecule has 0 spiro atoms. The SMILES string of the molecule is CCCC(C)(C)NC(=O)C(C)(C)C(=O)O. The summed E-state index contributed by atoms with van der Waals surface area (Å²) in [6.45, 7) is 8.63. The molecule has 0 aliphatic rings. The van der Waals surface area contributed by atoms with Crippen molar-refractivity contribution in [2.24, 2.45) is 5.41 Å². The van der Waals surface area contributed by atoms with Gasteiger partial charge in [-0.25, -0.2) is 0 Å². The van der Waals surface area contributed by atoms with Crippen molar-refractivity contribution in [2.45, 2.75) is 53.0 Å². The van der Waals surface area contributed by atoms with Crippen LogP contribution in [0.1, 0.15) is 47.5 Å². The van der Waals surface area contributed by atoms with E-state index in [9.17, 15) is 9.59 Å². The Balaban J connectivity index is 4.56. The second kappa shape index (κ2) is 4.64. The van der Waals surface area contributed by atoms with Crippen molar-refractivity contribution >= 4 is 11.9 Å². The van der Waals surface area contributed by atoms with Gasteiger partial charge in [-0.15, -0.1) is 0 Å². The number of aliphatic carboxylic acids is 1. The number of nitrogens with one attached hydrogen (secondary N) is 1. The van der Waals surface area contributed by atoms with Crippen molar-refractivity contribution in [3.63, 3.8) is 0 Å². The van der Waals surface area contributed by atoms with Gasteiger partial charge in [0.05, 0.1) is 0 Å². The number of rotatable bonds is 5. The number of hydrogen-bond donors (Lipinski definition) is 2. The van der Waals surface area contributed by atoms with Gasteiger partial charge in [-0.2, -0.15) is 0 Å². The van der Waals surface area contributed by atoms with Crippen LogP contribution in [0.15, 0.2) is 0 Å². The molecule has 4 nitrogen and oxygen atoms in total. The monoisotopic (exact) mass is 215 g/mol. The highest BCUT2D eigenvalue weighted by Gasteiger charge is 2.38. The van der Waals surface area contributed by atoms with E-state index >= 15 is 0 Å². The number of carbonyl (C=O) groups excluding carboxylic acids is 1. The van der Waals surface area contributed by atoms with Gasteiger partial charge in [0.2, 0.25) is 5.91 Å². The molecule has 15 heavy (non-hydrogen) atoms. The van der Waals surface area contributed by atoms with Crippen LogP contribution in [0.25, 0.3) is 0 Å². The molecular formula is C11H21NO3. The zero-order valence-corrected chi connectivity index (χ0v) is 10.2. The van der Waals surface area contributed by atoms with Crippen LogP contribution in [-0.2, 0) is 9.59 Å². The molecule has 0 aromatic heterocycles. The topological polar surface area (TPSA) is 66.4 Å². The van der Waals surface area contributed by atoms with Gasteiger partial charge in [-0.1, -0.05) is 13.3 Å². The number of hydrogen-bond acceptors (Lipinski definition) is 2. The van der Waals surface area contributed by atoms with Gasteiger partial charge >= 0.3 is 5.97 Å². The number of carboxylic acids is 1. The largest absolute Gasteiger partial charge is 0.480 e. The van der Waals surface area contributed by atoms with Crippen LogP contribution in [0.2, 0.25) is 0 Å². The number of carboxylic acid groups (broad SMARTS) is 1. The van der Waals surface area contributed by atoms with Crippen LogP contribution >= 0.6 is 0 Å². The third-order valence-corrected chi connectivity index (χ3v) is 2.43. The Morgan fingerprint density at radius 3 is 2.00 bits per heavy atom. The van der Waals surface area contributed by atoms with Crippen LogP contribution < -0.4 is 5.32 Å². The average molecular weight is 215 g/mol. The van der Waals surface area contributed by atoms with E-state index in [1.807, 2.05) is 20.8 Å². The Kier molecular flexibility index (Phi) is 4.31. The maximum Gasteiger partial charge on any atom is 0.318 e. The van der Waals surface area contributed by atoms with Crippen molar-refractivity contribution in [3.8, 4) is 0 Å². The van der Waals surface area contributed by atoms with E-state index in [4.69, 9.17) is 5.11 Å². The van der Waals surface area contributed by atoms with Crippen LogP contribution in [0.4, 0.5) is 0 Å². The Morgan fingerprint density at radius 1 is 1.20 bits per heavy atom. The lowest BCUT2D eigenvalue weighted by Crippen LogP contribution is -2.51. The predicted octanol–water partition coefficient (Wildman–Crippen LogP) is 1.79. The van der Waals surface area contributed by atoms with Crippen molar-refractivity contribution in [2.75, 3.05) is 0 Å². The molecule has 0 aromatic rings. The van der Waals surface area contributed by atoms with E-state index < -0.39 is 17.3 Å². The fraction of sp³-hybridized carbons (Fsp3) is 0.818. The van der Waals surface area contributed by atoms with Gasteiger partial charge in [0.15, 0.2) is 0 Å². The van der Waals surface area contributed by atoms with E-state index in [0.29, 0.717) is 0 Å². The molecule has 0 atom stereocenters. The Bertz CT molecular complexity index is 257. The molecule has 0 bridgehead atoms. The highest BCUT2D eigenvalue weighted by molar-refractivity contribution is 6.01. The van der Waals surface area contributed by atoms with E-state index in [1.54, 1.807) is 0 Å². The lowest BCUT2D eigenvalue weighted by Gasteiger charge is -2.29. The average Bonchev–Trinajstić information content (AvgIpc) is 2.02. The van der Waals surface area contributed by atoms with Crippen molar-refractivity contribution in [1.29, 1.82) is 0 Å². The smallest absolute Gasteiger partial charge is 0.318 e. The van der Waals surface area contributed by atoms with Crippen molar-refractivity contribution in [1.82, 2.24) is 5.32 Å². The summed E-state index contributed by atoms with van der Waals surface area (Å²) in [4.78, 5) is 22.6. The highest BCUT2D eigenvalue weighted by Crippen LogP contribution is 2.19. The fourth-order valence-electron chi connectivity index (χ4n) is 1.25. The maximum absolute atomic E-state index is 11.7. The predicted molar refractivity (Wildman–Crippen MR) is 58.5 cm³/mol. The highest BCUT2D eigenvalue weighted by atomic mass is 16.4. The minimum atomic E-state index is -1.37. The summed E-state index contributed by atoms with van der Waals surface area (Å²) in [6.07, 6.45) is 1.77. The first-order chi connectivity index (χ1) is 6.63. The summed E-state index contributed by atoms with van der Waals surface area (Å²) in [7, 11) is 0. The lowest BCUT2D eigenvalue weighted by atomic mass is 9.90. The molecule has 0 radical (unpaired) electrons. The minimum absolute atomic E-state index is 0.349. The van der Waals surface area contributed by atoms with Crippen molar-refractivity contribution in [3.05, 3.63) is 0 Å². The van der Waals surface area contributed by atoms with Gasteiger partial charge in [0.25, 0.3) is 0 Å². The normalized spacial score (nSPS) is 12.3. The summed E-state index contributed by atoms with van der Waals surface area (Å²) in [5.41, 5.74) is -1.72. The Hall–Kier alpha value is -1.06. The summed E-state index contributed by atoms with van der Waals surface area (Å²) in [6, 6.07) is 0. The molecule has 0 saturated heterocycles. The second-order valence-electron chi connectivity index (χ2n) is 5.02. The van der Waals surface area contributed by atoms with Crippen LogP contribution in [0, 0.1) is 5.41 Å². The summed E-state index contributed by atoms with van der Waals surface area (Å²) in [5.74, 6) is -1.54. The summed E-state index contributed by atoms with van der Waals surface area (Å²) in [5, 5.41) is 11.6. The summed E-state index contributed by atoms with van der Waals surface area (Å²) >= 11 is 0. The number of amides is 1. The minimum Gasteiger partial charge on any atom is -0.480 e. The Morgan fingerprint density at radius 2 is 1.67 bits per heavy atom.